The number of rotatable bonds is 4. The molecule has 0 unspecified atom stereocenters. The number of piperazine rings is 1. The number of nitrogens with zero attached hydrogens (tertiary/aromatic N) is 3. The first-order valence-corrected chi connectivity index (χ1v) is 6.50. The molecule has 1 fully saturated rings. The Kier molecular flexibility index (Phi) is 4.21. The van der Waals surface area contributed by atoms with Crippen LogP contribution in [0.3, 0.4) is 0 Å². The number of carboxylic acid groups (broad SMARTS) is 1. The minimum atomic E-state index is -1.01. The molecular formula is C13H19N3O3. The van der Waals surface area contributed by atoms with E-state index in [1.807, 2.05) is 0 Å². The van der Waals surface area contributed by atoms with Crippen molar-refractivity contribution in [2.24, 2.45) is 0 Å². The van der Waals surface area contributed by atoms with E-state index >= 15 is 0 Å². The van der Waals surface area contributed by atoms with Crippen LogP contribution < -0.4 is 0 Å². The van der Waals surface area contributed by atoms with Crippen LogP contribution in [0.15, 0.2) is 18.3 Å². The smallest absolute Gasteiger partial charge is 0.352 e. The topological polar surface area (TPSA) is 65.8 Å². The molecule has 1 saturated heterocycles. The maximum absolute atomic E-state index is 12.1. The van der Waals surface area contributed by atoms with Crippen molar-refractivity contribution in [3.63, 3.8) is 0 Å². The number of likely N-dealkylation sites (N-methyl/N-ethyl adjacent to an activating group) is 1. The monoisotopic (exact) mass is 265 g/mol. The molecule has 0 aliphatic carbocycles. The molecule has 0 bridgehead atoms. The van der Waals surface area contributed by atoms with Crippen molar-refractivity contribution >= 4 is 11.9 Å². The quantitative estimate of drug-likeness (QED) is 0.853. The third-order valence-corrected chi connectivity index (χ3v) is 3.53. The summed E-state index contributed by atoms with van der Waals surface area (Å²) in [5.74, 6) is -1.02. The zero-order valence-corrected chi connectivity index (χ0v) is 11.1. The molecule has 0 atom stereocenters. The first-order valence-electron chi connectivity index (χ1n) is 6.50. The molecule has 6 heteroatoms. The van der Waals surface area contributed by atoms with E-state index in [2.05, 4.69) is 11.8 Å². The van der Waals surface area contributed by atoms with Gasteiger partial charge >= 0.3 is 5.97 Å². The van der Waals surface area contributed by atoms with Crippen LogP contribution >= 0.6 is 0 Å². The van der Waals surface area contributed by atoms with Crippen LogP contribution in [0.1, 0.15) is 17.4 Å². The van der Waals surface area contributed by atoms with Crippen molar-refractivity contribution in [1.29, 1.82) is 0 Å². The van der Waals surface area contributed by atoms with Gasteiger partial charge in [-0.2, -0.15) is 0 Å². The zero-order valence-electron chi connectivity index (χ0n) is 11.1. The van der Waals surface area contributed by atoms with E-state index in [0.717, 1.165) is 32.7 Å². The van der Waals surface area contributed by atoms with Crippen molar-refractivity contribution in [1.82, 2.24) is 14.4 Å². The first kappa shape index (κ1) is 13.6. The van der Waals surface area contributed by atoms with Gasteiger partial charge < -0.3 is 19.5 Å². The van der Waals surface area contributed by atoms with Crippen molar-refractivity contribution in [3.05, 3.63) is 24.0 Å². The van der Waals surface area contributed by atoms with Gasteiger partial charge in [-0.05, 0) is 18.7 Å². The highest BCUT2D eigenvalue weighted by atomic mass is 16.4. The van der Waals surface area contributed by atoms with Crippen LogP contribution in [0.4, 0.5) is 0 Å². The Bertz CT molecular complexity index is 461. The van der Waals surface area contributed by atoms with Gasteiger partial charge in [0.1, 0.15) is 12.2 Å². The molecule has 0 aromatic carbocycles. The fourth-order valence-corrected chi connectivity index (χ4v) is 2.31. The third-order valence-electron chi connectivity index (χ3n) is 3.53. The molecule has 6 nitrogen and oxygen atoms in total. The number of amides is 1. The Morgan fingerprint density at radius 2 is 1.95 bits per heavy atom. The molecule has 0 saturated carbocycles. The molecular weight excluding hydrogens is 246 g/mol. The molecule has 1 amide bonds. The van der Waals surface area contributed by atoms with E-state index < -0.39 is 5.97 Å². The Morgan fingerprint density at radius 3 is 2.53 bits per heavy atom. The summed E-state index contributed by atoms with van der Waals surface area (Å²) in [4.78, 5) is 27.2. The van der Waals surface area contributed by atoms with Gasteiger partial charge in [-0.3, -0.25) is 4.79 Å². The SMILES string of the molecule is CCN1CCN(C(=O)Cn2cccc2C(=O)O)CC1. The van der Waals surface area contributed by atoms with Gasteiger partial charge in [0.2, 0.25) is 5.91 Å². The molecule has 1 aliphatic rings. The van der Waals surface area contributed by atoms with Gasteiger partial charge in [0, 0.05) is 32.4 Å². The first-order chi connectivity index (χ1) is 9.11. The third kappa shape index (κ3) is 3.14. The van der Waals surface area contributed by atoms with Crippen LogP contribution in [0.25, 0.3) is 0 Å². The van der Waals surface area contributed by atoms with Crippen molar-refractivity contribution < 1.29 is 14.7 Å². The number of carboxylic acids is 1. The standard InChI is InChI=1S/C13H19N3O3/c1-2-14-6-8-15(9-7-14)12(17)10-16-5-3-4-11(16)13(18)19/h3-5H,2,6-10H2,1H3,(H,18,19). The van der Waals surface area contributed by atoms with E-state index in [1.54, 1.807) is 17.2 Å². The Labute approximate surface area is 112 Å². The maximum Gasteiger partial charge on any atom is 0.352 e. The van der Waals surface area contributed by atoms with Crippen LogP contribution in [-0.4, -0.2) is 64.1 Å². The van der Waals surface area contributed by atoms with Gasteiger partial charge in [-0.15, -0.1) is 0 Å². The molecule has 0 spiro atoms. The van der Waals surface area contributed by atoms with Crippen molar-refractivity contribution in [2.75, 3.05) is 32.7 Å². The number of aromatic nitrogens is 1. The predicted octanol–water partition coefficient (Wildman–Crippen LogP) is 0.350. The van der Waals surface area contributed by atoms with Crippen LogP contribution in [0.2, 0.25) is 0 Å². The predicted molar refractivity (Wildman–Crippen MR) is 70.1 cm³/mol. The van der Waals surface area contributed by atoms with E-state index in [9.17, 15) is 9.59 Å². The Morgan fingerprint density at radius 1 is 1.26 bits per heavy atom. The molecule has 2 heterocycles. The Hall–Kier alpha value is -1.82. The van der Waals surface area contributed by atoms with E-state index in [0.29, 0.717) is 0 Å². The molecule has 2 rings (SSSR count). The summed E-state index contributed by atoms with van der Waals surface area (Å²) in [5.41, 5.74) is 0.153. The fourth-order valence-electron chi connectivity index (χ4n) is 2.31. The summed E-state index contributed by atoms with van der Waals surface area (Å²) in [6, 6.07) is 3.15. The summed E-state index contributed by atoms with van der Waals surface area (Å²) < 4.78 is 1.48. The highest BCUT2D eigenvalue weighted by Gasteiger charge is 2.21. The normalized spacial score (nSPS) is 16.6. The summed E-state index contributed by atoms with van der Waals surface area (Å²) in [7, 11) is 0. The summed E-state index contributed by atoms with van der Waals surface area (Å²) >= 11 is 0. The van der Waals surface area contributed by atoms with E-state index in [4.69, 9.17) is 5.11 Å². The lowest BCUT2D eigenvalue weighted by Gasteiger charge is -2.34. The van der Waals surface area contributed by atoms with Crippen LogP contribution in [-0.2, 0) is 11.3 Å². The lowest BCUT2D eigenvalue weighted by Crippen LogP contribution is -2.49. The average Bonchev–Trinajstić information content (AvgIpc) is 2.87. The maximum atomic E-state index is 12.1. The lowest BCUT2D eigenvalue weighted by molar-refractivity contribution is -0.133. The lowest BCUT2D eigenvalue weighted by atomic mass is 10.3. The highest BCUT2D eigenvalue weighted by Crippen LogP contribution is 2.06. The summed E-state index contributed by atoms with van der Waals surface area (Å²) in [5, 5.41) is 8.99. The summed E-state index contributed by atoms with van der Waals surface area (Å²) in [6.07, 6.45) is 1.63. The van der Waals surface area contributed by atoms with Crippen molar-refractivity contribution in [3.8, 4) is 0 Å². The molecule has 1 N–H and O–H groups in total. The van der Waals surface area contributed by atoms with Gasteiger partial charge in [-0.25, -0.2) is 4.79 Å². The molecule has 1 aromatic heterocycles. The number of carbonyl (C=O) groups excluding carboxylic acids is 1. The summed E-state index contributed by atoms with van der Waals surface area (Å²) in [6.45, 7) is 6.42. The van der Waals surface area contributed by atoms with E-state index in [1.165, 1.54) is 10.6 Å². The van der Waals surface area contributed by atoms with Gasteiger partial charge in [0.25, 0.3) is 0 Å². The molecule has 1 aliphatic heterocycles. The number of hydrogen-bond donors (Lipinski definition) is 1. The van der Waals surface area contributed by atoms with E-state index in [-0.39, 0.29) is 18.1 Å². The number of aromatic carboxylic acids is 1. The largest absolute Gasteiger partial charge is 0.477 e. The van der Waals surface area contributed by atoms with Gasteiger partial charge in [0.05, 0.1) is 0 Å². The number of hydrogen-bond acceptors (Lipinski definition) is 3. The average molecular weight is 265 g/mol. The second-order valence-corrected chi connectivity index (χ2v) is 4.64. The van der Waals surface area contributed by atoms with Crippen LogP contribution in [0, 0.1) is 0 Å². The minimum absolute atomic E-state index is 0.0190. The van der Waals surface area contributed by atoms with Gasteiger partial charge in [-0.1, -0.05) is 6.92 Å². The van der Waals surface area contributed by atoms with Gasteiger partial charge in [0.15, 0.2) is 0 Å². The Balaban J connectivity index is 1.94. The molecule has 0 radical (unpaired) electrons. The highest BCUT2D eigenvalue weighted by molar-refractivity contribution is 5.86. The van der Waals surface area contributed by atoms with Crippen molar-refractivity contribution in [2.45, 2.75) is 13.5 Å². The molecule has 1 aromatic rings. The number of carbonyl (C=O) groups is 2. The molecule has 19 heavy (non-hydrogen) atoms. The minimum Gasteiger partial charge on any atom is -0.477 e. The zero-order chi connectivity index (χ0) is 13.8. The fraction of sp³-hybridized carbons (Fsp3) is 0.538. The molecule has 104 valence electrons. The van der Waals surface area contributed by atoms with Crippen LogP contribution in [0.5, 0.6) is 0 Å². The second kappa shape index (κ2) is 5.88. The second-order valence-electron chi connectivity index (χ2n) is 4.64.